The molecule has 0 saturated heterocycles. The van der Waals surface area contributed by atoms with E-state index in [1.807, 2.05) is 30.3 Å². The number of fused-ring (bicyclic) bond motifs is 2. The fraction of sp³-hybridized carbons (Fsp3) is 0.0500. The molecule has 0 fully saturated rings. The van der Waals surface area contributed by atoms with Gasteiger partial charge in [0.25, 0.3) is 5.78 Å². The standard InChI is InChI=1S/C20H14N6O2/c27-14-7-5-13(6-8-14)17-11-22-20-24-23-19(26(20)25-17)12-28-18-9-10-21-16-4-2-1-3-15(16)18/h1-11,27H,12H2. The molecular formula is C20H14N6O2. The summed E-state index contributed by atoms with van der Waals surface area (Å²) in [6.45, 7) is 0.183. The molecule has 0 bridgehead atoms. The molecule has 5 rings (SSSR count). The van der Waals surface area contributed by atoms with Crippen molar-refractivity contribution in [3.05, 3.63) is 72.8 Å². The van der Waals surface area contributed by atoms with Crippen LogP contribution in [0.25, 0.3) is 27.9 Å². The van der Waals surface area contributed by atoms with Crippen molar-refractivity contribution in [2.24, 2.45) is 0 Å². The molecule has 1 N–H and O–H groups in total. The number of benzene rings is 2. The van der Waals surface area contributed by atoms with Crippen LogP contribution in [-0.4, -0.2) is 34.9 Å². The number of pyridine rings is 1. The molecule has 8 nitrogen and oxygen atoms in total. The van der Waals surface area contributed by atoms with Crippen molar-refractivity contribution >= 4 is 16.7 Å². The quantitative estimate of drug-likeness (QED) is 0.519. The van der Waals surface area contributed by atoms with Gasteiger partial charge in [-0.1, -0.05) is 12.1 Å². The molecule has 8 heteroatoms. The van der Waals surface area contributed by atoms with E-state index in [9.17, 15) is 5.11 Å². The van der Waals surface area contributed by atoms with Crippen molar-refractivity contribution in [2.75, 3.05) is 0 Å². The second-order valence-corrected chi connectivity index (χ2v) is 6.13. The van der Waals surface area contributed by atoms with Crippen LogP contribution >= 0.6 is 0 Å². The topological polar surface area (TPSA) is 98.3 Å². The Kier molecular flexibility index (Phi) is 3.79. The summed E-state index contributed by atoms with van der Waals surface area (Å²) in [7, 11) is 0. The summed E-state index contributed by atoms with van der Waals surface area (Å²) in [5.74, 6) is 1.83. The van der Waals surface area contributed by atoms with Crippen LogP contribution in [-0.2, 0) is 6.61 Å². The summed E-state index contributed by atoms with van der Waals surface area (Å²) in [5.41, 5.74) is 2.33. The number of ether oxygens (including phenoxy) is 1. The summed E-state index contributed by atoms with van der Waals surface area (Å²) < 4.78 is 7.53. The van der Waals surface area contributed by atoms with Crippen molar-refractivity contribution in [2.45, 2.75) is 6.61 Å². The lowest BCUT2D eigenvalue weighted by Gasteiger charge is -2.08. The summed E-state index contributed by atoms with van der Waals surface area (Å²) in [4.78, 5) is 8.64. The number of nitrogens with zero attached hydrogens (tertiary/aromatic N) is 6. The van der Waals surface area contributed by atoms with E-state index in [0.717, 1.165) is 16.5 Å². The third-order valence-electron chi connectivity index (χ3n) is 4.33. The highest BCUT2D eigenvalue weighted by Gasteiger charge is 2.12. The summed E-state index contributed by atoms with van der Waals surface area (Å²) >= 11 is 0. The molecule has 0 aliphatic heterocycles. The van der Waals surface area contributed by atoms with Gasteiger partial charge in [0.2, 0.25) is 0 Å². The van der Waals surface area contributed by atoms with Gasteiger partial charge in [0.1, 0.15) is 23.8 Å². The predicted molar refractivity (Wildman–Crippen MR) is 102 cm³/mol. The maximum absolute atomic E-state index is 9.46. The van der Waals surface area contributed by atoms with Gasteiger partial charge in [-0.05, 0) is 42.5 Å². The van der Waals surface area contributed by atoms with Crippen LogP contribution in [0, 0.1) is 0 Å². The molecule has 0 spiro atoms. The lowest BCUT2D eigenvalue weighted by atomic mass is 10.2. The second-order valence-electron chi connectivity index (χ2n) is 6.13. The number of phenolic OH excluding ortho intramolecular Hbond substituents is 1. The monoisotopic (exact) mass is 370 g/mol. The number of aromatic hydroxyl groups is 1. The van der Waals surface area contributed by atoms with Crippen molar-refractivity contribution in [1.82, 2.24) is 29.8 Å². The van der Waals surface area contributed by atoms with Crippen LogP contribution < -0.4 is 4.74 Å². The van der Waals surface area contributed by atoms with E-state index in [4.69, 9.17) is 4.74 Å². The van der Waals surface area contributed by atoms with E-state index in [1.54, 1.807) is 41.2 Å². The summed E-state index contributed by atoms with van der Waals surface area (Å²) in [6, 6.07) is 16.3. The van der Waals surface area contributed by atoms with Gasteiger partial charge in [-0.15, -0.1) is 10.2 Å². The van der Waals surface area contributed by atoms with Gasteiger partial charge < -0.3 is 9.84 Å². The largest absolute Gasteiger partial charge is 0.508 e. The molecule has 0 atom stereocenters. The second kappa shape index (κ2) is 6.58. The third-order valence-corrected chi connectivity index (χ3v) is 4.33. The van der Waals surface area contributed by atoms with Crippen LogP contribution in [0.2, 0.25) is 0 Å². The van der Waals surface area contributed by atoms with Crippen LogP contribution in [0.1, 0.15) is 5.82 Å². The normalized spacial score (nSPS) is 11.1. The molecule has 5 aromatic rings. The summed E-state index contributed by atoms with van der Waals surface area (Å²) in [6.07, 6.45) is 3.33. The predicted octanol–water partition coefficient (Wildman–Crippen LogP) is 3.02. The Morgan fingerprint density at radius 2 is 1.79 bits per heavy atom. The smallest absolute Gasteiger partial charge is 0.272 e. The van der Waals surface area contributed by atoms with Crippen molar-refractivity contribution in [1.29, 1.82) is 0 Å². The molecule has 136 valence electrons. The molecular weight excluding hydrogens is 356 g/mol. The van der Waals surface area contributed by atoms with Crippen LogP contribution in [0.4, 0.5) is 0 Å². The highest BCUT2D eigenvalue weighted by atomic mass is 16.5. The Labute approximate surface area is 159 Å². The number of aromatic nitrogens is 6. The summed E-state index contributed by atoms with van der Waals surface area (Å²) in [5, 5.41) is 23.1. The van der Waals surface area contributed by atoms with E-state index in [0.29, 0.717) is 23.0 Å². The van der Waals surface area contributed by atoms with Gasteiger partial charge >= 0.3 is 0 Å². The highest BCUT2D eigenvalue weighted by molar-refractivity contribution is 5.84. The lowest BCUT2D eigenvalue weighted by molar-refractivity contribution is 0.296. The first-order valence-electron chi connectivity index (χ1n) is 8.61. The van der Waals surface area contributed by atoms with Gasteiger partial charge in [-0.3, -0.25) is 4.98 Å². The average Bonchev–Trinajstić information content (AvgIpc) is 3.15. The molecule has 0 aliphatic carbocycles. The number of para-hydroxylation sites is 1. The van der Waals surface area contributed by atoms with E-state index in [1.165, 1.54) is 0 Å². The lowest BCUT2D eigenvalue weighted by Crippen LogP contribution is -2.06. The number of hydrogen-bond acceptors (Lipinski definition) is 7. The zero-order chi connectivity index (χ0) is 18.9. The Morgan fingerprint density at radius 1 is 0.929 bits per heavy atom. The minimum atomic E-state index is 0.183. The van der Waals surface area contributed by atoms with Crippen molar-refractivity contribution in [3.8, 4) is 22.8 Å². The number of rotatable bonds is 4. The molecule has 3 aromatic heterocycles. The molecule has 2 aromatic carbocycles. The first kappa shape index (κ1) is 16.1. The van der Waals surface area contributed by atoms with Gasteiger partial charge in [-0.2, -0.15) is 9.61 Å². The highest BCUT2D eigenvalue weighted by Crippen LogP contribution is 2.24. The van der Waals surface area contributed by atoms with E-state index in [2.05, 4.69) is 25.3 Å². The molecule has 0 radical (unpaired) electrons. The zero-order valence-corrected chi connectivity index (χ0v) is 14.6. The molecule has 0 saturated carbocycles. The average molecular weight is 370 g/mol. The van der Waals surface area contributed by atoms with Crippen molar-refractivity contribution in [3.63, 3.8) is 0 Å². The first-order valence-corrected chi connectivity index (χ1v) is 8.61. The first-order chi connectivity index (χ1) is 13.8. The Morgan fingerprint density at radius 3 is 2.68 bits per heavy atom. The molecule has 3 heterocycles. The molecule has 0 unspecified atom stereocenters. The van der Waals surface area contributed by atoms with Crippen LogP contribution in [0.5, 0.6) is 11.5 Å². The Balaban J connectivity index is 1.47. The number of phenols is 1. The molecule has 0 aliphatic rings. The maximum atomic E-state index is 9.46. The van der Waals surface area contributed by atoms with Gasteiger partial charge in [0.05, 0.1) is 11.7 Å². The van der Waals surface area contributed by atoms with E-state index in [-0.39, 0.29) is 12.4 Å². The van der Waals surface area contributed by atoms with E-state index >= 15 is 0 Å². The zero-order valence-electron chi connectivity index (χ0n) is 14.6. The van der Waals surface area contributed by atoms with Crippen LogP contribution in [0.15, 0.2) is 67.0 Å². The number of hydrogen-bond donors (Lipinski definition) is 1. The fourth-order valence-electron chi connectivity index (χ4n) is 2.93. The SMILES string of the molecule is Oc1ccc(-c2cnc3nnc(COc4ccnc5ccccc45)n3n2)cc1. The maximum Gasteiger partial charge on any atom is 0.272 e. The fourth-order valence-corrected chi connectivity index (χ4v) is 2.93. The minimum Gasteiger partial charge on any atom is -0.508 e. The van der Waals surface area contributed by atoms with Crippen molar-refractivity contribution < 1.29 is 9.84 Å². The molecule has 0 amide bonds. The van der Waals surface area contributed by atoms with Gasteiger partial charge in [-0.25, -0.2) is 4.98 Å². The Hall–Kier alpha value is -4.07. The van der Waals surface area contributed by atoms with Crippen LogP contribution in [0.3, 0.4) is 0 Å². The third kappa shape index (κ3) is 2.86. The minimum absolute atomic E-state index is 0.183. The van der Waals surface area contributed by atoms with Gasteiger partial charge in [0.15, 0.2) is 5.82 Å². The van der Waals surface area contributed by atoms with Gasteiger partial charge in [0, 0.05) is 17.1 Å². The molecule has 28 heavy (non-hydrogen) atoms. The Bertz CT molecular complexity index is 1280. The van der Waals surface area contributed by atoms with E-state index < -0.39 is 0 Å².